The van der Waals surface area contributed by atoms with E-state index in [9.17, 15) is 0 Å². The Kier molecular flexibility index (Phi) is 3.45. The molecular formula is C18H15N5OS. The summed E-state index contributed by atoms with van der Waals surface area (Å²) in [7, 11) is 0. The van der Waals surface area contributed by atoms with Gasteiger partial charge in [0.15, 0.2) is 5.82 Å². The Morgan fingerprint density at radius 3 is 3.04 bits per heavy atom. The lowest BCUT2D eigenvalue weighted by Gasteiger charge is -2.22. The second-order valence-electron chi connectivity index (χ2n) is 5.87. The van der Waals surface area contributed by atoms with Crippen molar-refractivity contribution in [1.82, 2.24) is 20.2 Å². The van der Waals surface area contributed by atoms with Crippen LogP contribution in [0.25, 0.3) is 11.4 Å². The maximum atomic E-state index is 5.61. The molecular weight excluding hydrogens is 334 g/mol. The number of aromatic amines is 1. The largest absolute Gasteiger partial charge is 0.493 e. The molecule has 1 N–H and O–H groups in total. The van der Waals surface area contributed by atoms with Crippen molar-refractivity contribution in [2.45, 2.75) is 11.8 Å². The van der Waals surface area contributed by atoms with Crippen molar-refractivity contribution in [2.24, 2.45) is 0 Å². The number of pyridine rings is 1. The molecule has 0 aliphatic carbocycles. The van der Waals surface area contributed by atoms with Crippen LogP contribution in [0.1, 0.15) is 16.5 Å². The molecule has 1 aromatic carbocycles. The first-order valence-corrected chi connectivity index (χ1v) is 9.02. The molecule has 0 bridgehead atoms. The van der Waals surface area contributed by atoms with Crippen LogP contribution in [-0.2, 0) is 6.42 Å². The summed E-state index contributed by atoms with van der Waals surface area (Å²) in [4.78, 5) is 10.8. The minimum absolute atomic E-state index is 0.131. The van der Waals surface area contributed by atoms with Gasteiger partial charge in [0.2, 0.25) is 5.95 Å². The van der Waals surface area contributed by atoms with Crippen LogP contribution in [0.3, 0.4) is 0 Å². The molecule has 0 saturated carbocycles. The SMILES string of the molecule is C1=CN(c2n[nH]c(-c3ccncc3)n2)C(c2ccc3c(c2)CCO3)S1. The number of fused-ring (bicyclic) bond motifs is 1. The third-order valence-corrected chi connectivity index (χ3v) is 5.37. The number of H-pyrrole nitrogens is 1. The molecule has 0 saturated heterocycles. The van der Waals surface area contributed by atoms with Gasteiger partial charge in [-0.1, -0.05) is 6.07 Å². The van der Waals surface area contributed by atoms with Crippen molar-refractivity contribution < 1.29 is 4.74 Å². The zero-order valence-electron chi connectivity index (χ0n) is 13.3. The number of thioether (sulfide) groups is 1. The van der Waals surface area contributed by atoms with Gasteiger partial charge < -0.3 is 4.74 Å². The molecule has 124 valence electrons. The Bertz CT molecular complexity index is 940. The van der Waals surface area contributed by atoms with Gasteiger partial charge in [-0.2, -0.15) is 4.98 Å². The van der Waals surface area contributed by atoms with Crippen LogP contribution in [0.2, 0.25) is 0 Å². The number of nitrogens with zero attached hydrogens (tertiary/aromatic N) is 4. The summed E-state index contributed by atoms with van der Waals surface area (Å²) in [6, 6.07) is 10.2. The summed E-state index contributed by atoms with van der Waals surface area (Å²) < 4.78 is 5.61. The van der Waals surface area contributed by atoms with Crippen molar-refractivity contribution in [3.8, 4) is 17.1 Å². The van der Waals surface area contributed by atoms with Crippen molar-refractivity contribution in [2.75, 3.05) is 11.5 Å². The fourth-order valence-electron chi connectivity index (χ4n) is 3.10. The highest BCUT2D eigenvalue weighted by atomic mass is 32.2. The number of hydrogen-bond donors (Lipinski definition) is 1. The van der Waals surface area contributed by atoms with E-state index in [4.69, 9.17) is 4.74 Å². The first kappa shape index (κ1) is 14.5. The van der Waals surface area contributed by atoms with E-state index in [0.717, 1.165) is 30.2 Å². The average molecular weight is 349 g/mol. The van der Waals surface area contributed by atoms with Crippen LogP contribution < -0.4 is 9.64 Å². The molecule has 5 rings (SSSR count). The van der Waals surface area contributed by atoms with Gasteiger partial charge in [0.1, 0.15) is 11.1 Å². The maximum absolute atomic E-state index is 5.61. The van der Waals surface area contributed by atoms with Crippen molar-refractivity contribution in [1.29, 1.82) is 0 Å². The predicted molar refractivity (Wildman–Crippen MR) is 97.2 cm³/mol. The molecule has 0 radical (unpaired) electrons. The third-order valence-electron chi connectivity index (χ3n) is 4.34. The standard InChI is InChI=1S/C18H15N5OS/c1-2-15-13(5-9-24-15)11-14(1)17-23(8-10-25-17)18-20-16(21-22-18)12-3-6-19-7-4-12/h1-4,6-8,10-11,17H,5,9H2,(H,20,21,22). The molecule has 0 spiro atoms. The Morgan fingerprint density at radius 2 is 2.12 bits per heavy atom. The van der Waals surface area contributed by atoms with Crippen molar-refractivity contribution >= 4 is 17.7 Å². The van der Waals surface area contributed by atoms with Crippen molar-refractivity contribution in [3.05, 3.63) is 65.5 Å². The lowest BCUT2D eigenvalue weighted by Crippen LogP contribution is -2.18. The van der Waals surface area contributed by atoms with Gasteiger partial charge in [0.05, 0.1) is 6.61 Å². The van der Waals surface area contributed by atoms with E-state index in [2.05, 4.69) is 48.7 Å². The highest BCUT2D eigenvalue weighted by Gasteiger charge is 2.27. The fourth-order valence-corrected chi connectivity index (χ4v) is 4.05. The quantitative estimate of drug-likeness (QED) is 0.780. The molecule has 25 heavy (non-hydrogen) atoms. The van der Waals surface area contributed by atoms with E-state index in [1.54, 1.807) is 24.2 Å². The summed E-state index contributed by atoms with van der Waals surface area (Å²) in [5.41, 5.74) is 3.47. The average Bonchev–Trinajstić information content (AvgIpc) is 3.40. The summed E-state index contributed by atoms with van der Waals surface area (Å²) >= 11 is 1.75. The van der Waals surface area contributed by atoms with E-state index in [1.807, 2.05) is 18.3 Å². The van der Waals surface area contributed by atoms with Gasteiger partial charge in [0, 0.05) is 30.6 Å². The van der Waals surface area contributed by atoms with Crippen LogP contribution in [0, 0.1) is 0 Å². The van der Waals surface area contributed by atoms with E-state index in [0.29, 0.717) is 5.95 Å². The minimum atomic E-state index is 0.131. The van der Waals surface area contributed by atoms with E-state index >= 15 is 0 Å². The third kappa shape index (κ3) is 2.56. The predicted octanol–water partition coefficient (Wildman–Crippen LogP) is 3.52. The first-order valence-electron chi connectivity index (χ1n) is 8.07. The molecule has 7 heteroatoms. The lowest BCUT2D eigenvalue weighted by atomic mass is 10.1. The topological polar surface area (TPSA) is 66.9 Å². The molecule has 1 atom stereocenters. The highest BCUT2D eigenvalue weighted by Crippen LogP contribution is 2.42. The minimum Gasteiger partial charge on any atom is -0.493 e. The Hall–Kier alpha value is -2.80. The molecule has 0 amide bonds. The Balaban J connectivity index is 1.45. The van der Waals surface area contributed by atoms with Crippen LogP contribution in [0.5, 0.6) is 5.75 Å². The number of hydrogen-bond acceptors (Lipinski definition) is 6. The number of aromatic nitrogens is 4. The highest BCUT2D eigenvalue weighted by molar-refractivity contribution is 8.02. The summed E-state index contributed by atoms with van der Waals surface area (Å²) in [5.74, 6) is 2.41. The Labute approximate surface area is 149 Å². The number of ether oxygens (including phenoxy) is 1. The summed E-state index contributed by atoms with van der Waals surface area (Å²) in [6.07, 6.45) is 6.50. The van der Waals surface area contributed by atoms with E-state index in [1.165, 1.54) is 11.1 Å². The van der Waals surface area contributed by atoms with Gasteiger partial charge in [-0.3, -0.25) is 15.0 Å². The zero-order valence-corrected chi connectivity index (χ0v) is 14.1. The number of rotatable bonds is 3. The summed E-state index contributed by atoms with van der Waals surface area (Å²) in [5, 5.41) is 9.63. The molecule has 2 aromatic heterocycles. The molecule has 4 heterocycles. The molecule has 2 aliphatic heterocycles. The first-order chi connectivity index (χ1) is 12.4. The van der Waals surface area contributed by atoms with Crippen LogP contribution in [0.4, 0.5) is 5.95 Å². The molecule has 6 nitrogen and oxygen atoms in total. The number of benzene rings is 1. The van der Waals surface area contributed by atoms with Gasteiger partial charge in [0.25, 0.3) is 0 Å². The molecule has 3 aromatic rings. The number of anilines is 1. The monoisotopic (exact) mass is 349 g/mol. The van der Waals surface area contributed by atoms with Crippen LogP contribution in [-0.4, -0.2) is 26.8 Å². The van der Waals surface area contributed by atoms with Gasteiger partial charge in [-0.05, 0) is 40.8 Å². The van der Waals surface area contributed by atoms with E-state index in [-0.39, 0.29) is 5.37 Å². The normalized spacial score (nSPS) is 18.4. The second-order valence-corrected chi connectivity index (χ2v) is 6.86. The smallest absolute Gasteiger partial charge is 0.250 e. The van der Waals surface area contributed by atoms with Crippen molar-refractivity contribution in [3.63, 3.8) is 0 Å². The van der Waals surface area contributed by atoms with E-state index < -0.39 is 0 Å². The lowest BCUT2D eigenvalue weighted by molar-refractivity contribution is 0.357. The molecule has 0 fully saturated rings. The Morgan fingerprint density at radius 1 is 1.20 bits per heavy atom. The zero-order chi connectivity index (χ0) is 16.6. The van der Waals surface area contributed by atoms with Gasteiger partial charge in [-0.25, -0.2) is 0 Å². The maximum Gasteiger partial charge on any atom is 0.250 e. The molecule has 2 aliphatic rings. The van der Waals surface area contributed by atoms with Gasteiger partial charge in [-0.15, -0.1) is 16.9 Å². The number of nitrogens with one attached hydrogen (secondary N) is 1. The summed E-state index contributed by atoms with van der Waals surface area (Å²) in [6.45, 7) is 0.773. The van der Waals surface area contributed by atoms with Gasteiger partial charge >= 0.3 is 0 Å². The molecule has 1 unspecified atom stereocenters. The fraction of sp³-hybridized carbons (Fsp3) is 0.167. The van der Waals surface area contributed by atoms with Crippen LogP contribution in [0.15, 0.2) is 54.3 Å². The van der Waals surface area contributed by atoms with Crippen LogP contribution >= 0.6 is 11.8 Å². The second kappa shape index (κ2) is 5.93.